The average Bonchev–Trinajstić information content (AvgIpc) is 3.20. The molecule has 0 saturated heterocycles. The largest absolute Gasteiger partial charge is 0.478 e. The van der Waals surface area contributed by atoms with E-state index in [0.717, 1.165) is 54.0 Å². The van der Waals surface area contributed by atoms with Gasteiger partial charge in [-0.3, -0.25) is 0 Å². The van der Waals surface area contributed by atoms with Crippen LogP contribution in [0.25, 0.3) is 11.1 Å². The summed E-state index contributed by atoms with van der Waals surface area (Å²) >= 11 is 0. The van der Waals surface area contributed by atoms with E-state index < -0.39 is 5.97 Å². The first-order valence-corrected chi connectivity index (χ1v) is 11.0. The van der Waals surface area contributed by atoms with Crippen LogP contribution in [-0.2, 0) is 25.8 Å². The third-order valence-corrected chi connectivity index (χ3v) is 5.50. The van der Waals surface area contributed by atoms with Gasteiger partial charge in [-0.25, -0.2) is 14.5 Å². The van der Waals surface area contributed by atoms with Gasteiger partial charge in [-0.2, -0.15) is 5.10 Å². The van der Waals surface area contributed by atoms with E-state index in [4.69, 9.17) is 10.1 Å². The fraction of sp³-hybridized carbons (Fsp3) is 0.222. The first-order valence-electron chi connectivity index (χ1n) is 11.0. The van der Waals surface area contributed by atoms with Gasteiger partial charge in [0.1, 0.15) is 5.82 Å². The monoisotopic (exact) mass is 425 g/mol. The summed E-state index contributed by atoms with van der Waals surface area (Å²) in [6.07, 6.45) is 3.65. The number of hydrogen-bond acceptors (Lipinski definition) is 3. The number of rotatable bonds is 9. The van der Waals surface area contributed by atoms with E-state index in [2.05, 4.69) is 31.2 Å². The zero-order valence-corrected chi connectivity index (χ0v) is 18.2. The minimum atomic E-state index is -0.917. The molecule has 0 amide bonds. The number of carboxylic acid groups (broad SMARTS) is 1. The fourth-order valence-corrected chi connectivity index (χ4v) is 3.85. The van der Waals surface area contributed by atoms with Gasteiger partial charge >= 0.3 is 5.97 Å². The molecule has 5 heteroatoms. The van der Waals surface area contributed by atoms with E-state index in [1.165, 1.54) is 5.56 Å². The van der Waals surface area contributed by atoms with Crippen molar-refractivity contribution in [3.8, 4) is 11.1 Å². The lowest BCUT2D eigenvalue weighted by molar-refractivity contribution is 0.0697. The number of carbonyl (C=O) groups is 1. The number of aromatic carboxylic acids is 1. The Kier molecular flexibility index (Phi) is 6.75. The van der Waals surface area contributed by atoms with Gasteiger partial charge in [0.25, 0.3) is 0 Å². The summed E-state index contributed by atoms with van der Waals surface area (Å²) in [5, 5.41) is 14.2. The second-order valence-corrected chi connectivity index (χ2v) is 7.89. The number of benzene rings is 3. The molecule has 1 aromatic heterocycles. The molecule has 1 N–H and O–H groups in total. The molecule has 0 atom stereocenters. The van der Waals surface area contributed by atoms with E-state index in [9.17, 15) is 9.90 Å². The zero-order chi connectivity index (χ0) is 22.3. The lowest BCUT2D eigenvalue weighted by Gasteiger charge is -2.09. The van der Waals surface area contributed by atoms with Crippen molar-refractivity contribution in [3.63, 3.8) is 0 Å². The van der Waals surface area contributed by atoms with E-state index >= 15 is 0 Å². The van der Waals surface area contributed by atoms with E-state index in [0.29, 0.717) is 12.1 Å². The van der Waals surface area contributed by atoms with Crippen LogP contribution >= 0.6 is 0 Å². The lowest BCUT2D eigenvalue weighted by Crippen LogP contribution is -2.07. The molecule has 0 radical (unpaired) electrons. The second kappa shape index (κ2) is 10.1. The van der Waals surface area contributed by atoms with Gasteiger partial charge in [0.15, 0.2) is 5.82 Å². The van der Waals surface area contributed by atoms with Crippen molar-refractivity contribution in [1.82, 2.24) is 14.8 Å². The summed E-state index contributed by atoms with van der Waals surface area (Å²) in [6.45, 7) is 2.80. The average molecular weight is 426 g/mol. The molecule has 0 aliphatic carbocycles. The molecule has 4 rings (SSSR count). The topological polar surface area (TPSA) is 68.0 Å². The number of hydrogen-bond donors (Lipinski definition) is 1. The van der Waals surface area contributed by atoms with Gasteiger partial charge in [0, 0.05) is 12.8 Å². The number of aromatic nitrogens is 3. The van der Waals surface area contributed by atoms with Crippen LogP contribution in [0.15, 0.2) is 78.9 Å². The molecule has 32 heavy (non-hydrogen) atoms. The highest BCUT2D eigenvalue weighted by atomic mass is 16.4. The summed E-state index contributed by atoms with van der Waals surface area (Å²) in [4.78, 5) is 16.3. The van der Waals surface area contributed by atoms with Crippen molar-refractivity contribution >= 4 is 5.97 Å². The molecule has 5 nitrogen and oxygen atoms in total. The highest BCUT2D eigenvalue weighted by molar-refractivity contribution is 5.95. The van der Waals surface area contributed by atoms with E-state index in [1.807, 2.05) is 47.1 Å². The third-order valence-electron chi connectivity index (χ3n) is 5.50. The summed E-state index contributed by atoms with van der Waals surface area (Å²) < 4.78 is 2.00. The molecule has 162 valence electrons. The third kappa shape index (κ3) is 5.11. The maximum absolute atomic E-state index is 11.5. The van der Waals surface area contributed by atoms with Crippen LogP contribution < -0.4 is 0 Å². The molecule has 3 aromatic carbocycles. The SMILES string of the molecule is CCCc1nc(CCc2ccccc2)nn1Cc1ccc(-c2ccccc2C(=O)O)cc1. The standard InChI is InChI=1S/C27H27N3O2/c1-2-8-26-28-25(18-15-20-9-4-3-5-10-20)29-30(26)19-21-13-16-22(17-14-21)23-11-6-7-12-24(23)27(31)32/h3-7,9-14,16-17H,2,8,15,18-19H2,1H3,(H,31,32). The van der Waals surface area contributed by atoms with Crippen molar-refractivity contribution in [1.29, 1.82) is 0 Å². The lowest BCUT2D eigenvalue weighted by atomic mass is 9.99. The molecule has 4 aromatic rings. The summed E-state index contributed by atoms with van der Waals surface area (Å²) in [7, 11) is 0. The Bertz CT molecular complexity index is 1180. The Hall–Kier alpha value is -3.73. The Morgan fingerprint density at radius 3 is 2.28 bits per heavy atom. The molecule has 0 aliphatic heterocycles. The summed E-state index contributed by atoms with van der Waals surface area (Å²) in [6, 6.07) is 25.5. The number of nitrogens with zero attached hydrogens (tertiary/aromatic N) is 3. The Labute approximate surface area is 188 Å². The van der Waals surface area contributed by atoms with Crippen LogP contribution in [0.4, 0.5) is 0 Å². The van der Waals surface area contributed by atoms with Crippen LogP contribution in [0.5, 0.6) is 0 Å². The highest BCUT2D eigenvalue weighted by Gasteiger charge is 2.12. The quantitative estimate of drug-likeness (QED) is 0.388. The molecule has 0 unspecified atom stereocenters. The number of aryl methyl sites for hydroxylation is 3. The van der Waals surface area contributed by atoms with Crippen molar-refractivity contribution in [3.05, 3.63) is 107 Å². The van der Waals surface area contributed by atoms with Crippen molar-refractivity contribution in [2.45, 2.75) is 39.2 Å². The fourth-order valence-electron chi connectivity index (χ4n) is 3.85. The Balaban J connectivity index is 1.51. The van der Waals surface area contributed by atoms with Gasteiger partial charge in [0.05, 0.1) is 12.1 Å². The Morgan fingerprint density at radius 1 is 0.844 bits per heavy atom. The first kappa shape index (κ1) is 21.5. The van der Waals surface area contributed by atoms with Gasteiger partial charge < -0.3 is 5.11 Å². The molecule has 0 fully saturated rings. The van der Waals surface area contributed by atoms with Gasteiger partial charge in [-0.05, 0) is 41.2 Å². The van der Waals surface area contributed by atoms with Crippen LogP contribution in [-0.4, -0.2) is 25.8 Å². The number of carboxylic acids is 1. The van der Waals surface area contributed by atoms with Crippen molar-refractivity contribution in [2.24, 2.45) is 0 Å². The van der Waals surface area contributed by atoms with Crippen LogP contribution in [0.3, 0.4) is 0 Å². The maximum atomic E-state index is 11.5. The molecule has 0 saturated carbocycles. The molecular weight excluding hydrogens is 398 g/mol. The smallest absolute Gasteiger partial charge is 0.336 e. The van der Waals surface area contributed by atoms with Crippen LogP contribution in [0.1, 0.15) is 46.5 Å². The Morgan fingerprint density at radius 2 is 1.56 bits per heavy atom. The minimum absolute atomic E-state index is 0.310. The summed E-state index contributed by atoms with van der Waals surface area (Å²) in [5.41, 5.74) is 4.33. The van der Waals surface area contributed by atoms with E-state index in [-0.39, 0.29) is 0 Å². The summed E-state index contributed by atoms with van der Waals surface area (Å²) in [5.74, 6) is 0.972. The van der Waals surface area contributed by atoms with Gasteiger partial charge in [-0.15, -0.1) is 0 Å². The first-order chi connectivity index (χ1) is 15.6. The predicted octanol–water partition coefficient (Wildman–Crippen LogP) is 5.43. The minimum Gasteiger partial charge on any atom is -0.478 e. The highest BCUT2D eigenvalue weighted by Crippen LogP contribution is 2.24. The van der Waals surface area contributed by atoms with E-state index in [1.54, 1.807) is 12.1 Å². The molecule has 1 heterocycles. The maximum Gasteiger partial charge on any atom is 0.336 e. The molecule has 0 spiro atoms. The van der Waals surface area contributed by atoms with Crippen molar-refractivity contribution < 1.29 is 9.90 Å². The molecular formula is C27H27N3O2. The zero-order valence-electron chi connectivity index (χ0n) is 18.2. The normalized spacial score (nSPS) is 10.9. The van der Waals surface area contributed by atoms with Crippen molar-refractivity contribution in [2.75, 3.05) is 0 Å². The van der Waals surface area contributed by atoms with Gasteiger partial charge in [-0.1, -0.05) is 79.7 Å². The van der Waals surface area contributed by atoms with Gasteiger partial charge in [0.2, 0.25) is 0 Å². The van der Waals surface area contributed by atoms with Crippen LogP contribution in [0.2, 0.25) is 0 Å². The van der Waals surface area contributed by atoms with Crippen LogP contribution in [0, 0.1) is 0 Å². The second-order valence-electron chi connectivity index (χ2n) is 7.89. The molecule has 0 aliphatic rings. The molecule has 0 bridgehead atoms. The predicted molar refractivity (Wildman–Crippen MR) is 126 cm³/mol.